The highest BCUT2D eigenvalue weighted by atomic mass is 16.5. The van der Waals surface area contributed by atoms with Crippen molar-refractivity contribution in [3.8, 4) is 11.8 Å². The van der Waals surface area contributed by atoms with Gasteiger partial charge in [-0.25, -0.2) is 4.98 Å². The molecule has 0 fully saturated rings. The zero-order chi connectivity index (χ0) is 12.8. The van der Waals surface area contributed by atoms with Gasteiger partial charge in [-0.3, -0.25) is 0 Å². The van der Waals surface area contributed by atoms with E-state index in [2.05, 4.69) is 15.3 Å². The van der Waals surface area contributed by atoms with Crippen LogP contribution < -0.4 is 14.8 Å². The minimum atomic E-state index is 0.370. The maximum absolute atomic E-state index is 5.65. The maximum atomic E-state index is 5.65. The fourth-order valence-corrected chi connectivity index (χ4v) is 1.61. The standard InChI is InChI=1S/C13H17N3O2/c1-14-6-3-7-18-11-5-4-10-9-15-13(17-2)16-12(10)8-11/h4-5,8-9,14H,3,6-7H2,1-2H3. The first-order chi connectivity index (χ1) is 8.83. The van der Waals surface area contributed by atoms with Gasteiger partial charge in [0.2, 0.25) is 0 Å². The Kier molecular flexibility index (Phi) is 4.30. The molecule has 0 spiro atoms. The molecular weight excluding hydrogens is 230 g/mol. The van der Waals surface area contributed by atoms with Crippen LogP contribution >= 0.6 is 0 Å². The Balaban J connectivity index is 2.10. The van der Waals surface area contributed by atoms with Crippen molar-refractivity contribution in [2.75, 3.05) is 27.3 Å². The normalized spacial score (nSPS) is 10.6. The molecule has 1 heterocycles. The van der Waals surface area contributed by atoms with Crippen molar-refractivity contribution in [3.05, 3.63) is 24.4 Å². The highest BCUT2D eigenvalue weighted by Gasteiger charge is 2.02. The van der Waals surface area contributed by atoms with Gasteiger partial charge < -0.3 is 14.8 Å². The Morgan fingerprint density at radius 1 is 1.33 bits per heavy atom. The number of fused-ring (bicyclic) bond motifs is 1. The Morgan fingerprint density at radius 2 is 2.22 bits per heavy atom. The van der Waals surface area contributed by atoms with Crippen molar-refractivity contribution in [2.45, 2.75) is 6.42 Å². The molecule has 0 amide bonds. The van der Waals surface area contributed by atoms with E-state index in [-0.39, 0.29) is 0 Å². The van der Waals surface area contributed by atoms with Gasteiger partial charge in [0.1, 0.15) is 5.75 Å². The minimum absolute atomic E-state index is 0.370. The number of hydrogen-bond acceptors (Lipinski definition) is 5. The Hall–Kier alpha value is -1.88. The second-order valence-corrected chi connectivity index (χ2v) is 3.88. The molecule has 1 aromatic heterocycles. The van der Waals surface area contributed by atoms with Crippen LogP contribution in [-0.4, -0.2) is 37.3 Å². The number of benzene rings is 1. The SMILES string of the molecule is CNCCCOc1ccc2cnc(OC)nc2c1. The van der Waals surface area contributed by atoms with Crippen molar-refractivity contribution in [1.82, 2.24) is 15.3 Å². The predicted molar refractivity (Wildman–Crippen MR) is 70.1 cm³/mol. The zero-order valence-electron chi connectivity index (χ0n) is 10.6. The molecule has 0 saturated heterocycles. The highest BCUT2D eigenvalue weighted by molar-refractivity contribution is 5.79. The average Bonchev–Trinajstić information content (AvgIpc) is 2.42. The first-order valence-electron chi connectivity index (χ1n) is 5.91. The molecule has 0 aliphatic heterocycles. The third kappa shape index (κ3) is 3.07. The number of hydrogen-bond donors (Lipinski definition) is 1. The topological polar surface area (TPSA) is 56.3 Å². The van der Waals surface area contributed by atoms with E-state index in [1.54, 1.807) is 13.3 Å². The van der Waals surface area contributed by atoms with Crippen LogP contribution in [0.5, 0.6) is 11.8 Å². The van der Waals surface area contributed by atoms with Crippen LogP contribution in [0.15, 0.2) is 24.4 Å². The zero-order valence-corrected chi connectivity index (χ0v) is 10.6. The van der Waals surface area contributed by atoms with Crippen LogP contribution in [0.25, 0.3) is 10.9 Å². The van der Waals surface area contributed by atoms with Crippen molar-refractivity contribution < 1.29 is 9.47 Å². The van der Waals surface area contributed by atoms with Crippen molar-refractivity contribution >= 4 is 10.9 Å². The first-order valence-corrected chi connectivity index (χ1v) is 5.91. The quantitative estimate of drug-likeness (QED) is 0.786. The first kappa shape index (κ1) is 12.6. The fourth-order valence-electron chi connectivity index (χ4n) is 1.61. The van der Waals surface area contributed by atoms with Gasteiger partial charge >= 0.3 is 6.01 Å². The van der Waals surface area contributed by atoms with Crippen LogP contribution in [0, 0.1) is 0 Å². The number of aromatic nitrogens is 2. The van der Waals surface area contributed by atoms with E-state index < -0.39 is 0 Å². The lowest BCUT2D eigenvalue weighted by molar-refractivity contribution is 0.310. The number of methoxy groups -OCH3 is 1. The van der Waals surface area contributed by atoms with E-state index in [0.717, 1.165) is 29.6 Å². The summed E-state index contributed by atoms with van der Waals surface area (Å²) < 4.78 is 10.7. The smallest absolute Gasteiger partial charge is 0.316 e. The summed E-state index contributed by atoms with van der Waals surface area (Å²) in [7, 11) is 3.48. The molecule has 18 heavy (non-hydrogen) atoms. The maximum Gasteiger partial charge on any atom is 0.316 e. The predicted octanol–water partition coefficient (Wildman–Crippen LogP) is 1.63. The largest absolute Gasteiger partial charge is 0.493 e. The summed E-state index contributed by atoms with van der Waals surface area (Å²) >= 11 is 0. The molecule has 5 heteroatoms. The number of ether oxygens (including phenoxy) is 2. The van der Waals surface area contributed by atoms with Crippen molar-refractivity contribution in [2.24, 2.45) is 0 Å². The Bertz CT molecular complexity index is 517. The van der Waals surface area contributed by atoms with Crippen molar-refractivity contribution in [1.29, 1.82) is 0 Å². The van der Waals surface area contributed by atoms with Crippen LogP contribution in [0.2, 0.25) is 0 Å². The summed E-state index contributed by atoms with van der Waals surface area (Å²) in [6.45, 7) is 1.64. The summed E-state index contributed by atoms with van der Waals surface area (Å²) in [4.78, 5) is 8.33. The lowest BCUT2D eigenvalue weighted by Crippen LogP contribution is -2.11. The third-order valence-electron chi connectivity index (χ3n) is 2.55. The highest BCUT2D eigenvalue weighted by Crippen LogP contribution is 2.20. The molecule has 5 nitrogen and oxygen atoms in total. The number of nitrogens with one attached hydrogen (secondary N) is 1. The van der Waals surface area contributed by atoms with Gasteiger partial charge in [0.25, 0.3) is 0 Å². The average molecular weight is 247 g/mol. The number of rotatable bonds is 6. The lowest BCUT2D eigenvalue weighted by atomic mass is 10.2. The molecule has 0 aliphatic rings. The molecule has 0 radical (unpaired) electrons. The molecular formula is C13H17N3O2. The molecule has 0 saturated carbocycles. The molecule has 96 valence electrons. The third-order valence-corrected chi connectivity index (χ3v) is 2.55. The van der Waals surface area contributed by atoms with Crippen LogP contribution in [0.1, 0.15) is 6.42 Å². The van der Waals surface area contributed by atoms with E-state index in [4.69, 9.17) is 9.47 Å². The van der Waals surface area contributed by atoms with Crippen LogP contribution in [-0.2, 0) is 0 Å². The summed E-state index contributed by atoms with van der Waals surface area (Å²) in [5.74, 6) is 0.819. The Morgan fingerprint density at radius 3 is 3.00 bits per heavy atom. The van der Waals surface area contributed by atoms with E-state index >= 15 is 0 Å². The van der Waals surface area contributed by atoms with Crippen LogP contribution in [0.3, 0.4) is 0 Å². The molecule has 2 rings (SSSR count). The van der Waals surface area contributed by atoms with Gasteiger partial charge in [-0.2, -0.15) is 4.98 Å². The number of nitrogens with zero attached hydrogens (tertiary/aromatic N) is 2. The van der Waals surface area contributed by atoms with Gasteiger partial charge in [-0.05, 0) is 32.1 Å². The second-order valence-electron chi connectivity index (χ2n) is 3.88. The van der Waals surface area contributed by atoms with Gasteiger partial charge in [0.15, 0.2) is 0 Å². The van der Waals surface area contributed by atoms with E-state index in [0.29, 0.717) is 12.6 Å². The molecule has 1 aromatic carbocycles. The summed E-state index contributed by atoms with van der Waals surface area (Å²) in [6, 6.07) is 6.15. The molecule has 0 aliphatic carbocycles. The summed E-state index contributed by atoms with van der Waals surface area (Å²) in [5.41, 5.74) is 0.827. The minimum Gasteiger partial charge on any atom is -0.493 e. The fraction of sp³-hybridized carbons (Fsp3) is 0.385. The van der Waals surface area contributed by atoms with Gasteiger partial charge in [-0.1, -0.05) is 0 Å². The van der Waals surface area contributed by atoms with Crippen molar-refractivity contribution in [3.63, 3.8) is 0 Å². The van der Waals surface area contributed by atoms with E-state index in [9.17, 15) is 0 Å². The van der Waals surface area contributed by atoms with E-state index in [1.807, 2.05) is 25.2 Å². The molecule has 0 unspecified atom stereocenters. The van der Waals surface area contributed by atoms with Gasteiger partial charge in [0, 0.05) is 17.6 Å². The second kappa shape index (κ2) is 6.16. The van der Waals surface area contributed by atoms with Crippen LogP contribution in [0.4, 0.5) is 0 Å². The Labute approximate surface area is 106 Å². The van der Waals surface area contributed by atoms with E-state index in [1.165, 1.54) is 0 Å². The lowest BCUT2D eigenvalue weighted by Gasteiger charge is -2.07. The molecule has 2 aromatic rings. The monoisotopic (exact) mass is 247 g/mol. The summed E-state index contributed by atoms with van der Waals surface area (Å²) in [5, 5.41) is 4.05. The molecule has 1 N–H and O–H groups in total. The van der Waals surface area contributed by atoms with Gasteiger partial charge in [-0.15, -0.1) is 0 Å². The van der Waals surface area contributed by atoms with Gasteiger partial charge in [0.05, 0.1) is 19.2 Å². The summed E-state index contributed by atoms with van der Waals surface area (Å²) in [6.07, 6.45) is 2.72. The molecule has 0 bridgehead atoms. The molecule has 0 atom stereocenters.